The molecule has 0 aliphatic heterocycles. The summed E-state index contributed by atoms with van der Waals surface area (Å²) in [6, 6.07) is -0.839. The third-order valence-electron chi connectivity index (χ3n) is 3.92. The number of rotatable bonds is 8. The van der Waals surface area contributed by atoms with E-state index in [0.717, 1.165) is 23.5 Å². The predicted octanol–water partition coefficient (Wildman–Crippen LogP) is 2.31. The molecule has 2 N–H and O–H groups in total. The van der Waals surface area contributed by atoms with Gasteiger partial charge in [0.1, 0.15) is 6.04 Å². The maximum Gasteiger partial charge on any atom is 0.326 e. The van der Waals surface area contributed by atoms with Gasteiger partial charge in [0.15, 0.2) is 0 Å². The van der Waals surface area contributed by atoms with Crippen LogP contribution in [0.1, 0.15) is 51.1 Å². The Morgan fingerprint density at radius 1 is 1.22 bits per heavy atom. The van der Waals surface area contributed by atoms with Crippen LogP contribution in [0, 0.1) is 25.7 Å². The van der Waals surface area contributed by atoms with Gasteiger partial charge in [0.25, 0.3) is 0 Å². The van der Waals surface area contributed by atoms with Gasteiger partial charge in [-0.1, -0.05) is 27.7 Å². The van der Waals surface area contributed by atoms with Gasteiger partial charge in [0, 0.05) is 18.7 Å². The van der Waals surface area contributed by atoms with Crippen LogP contribution < -0.4 is 5.32 Å². The Labute approximate surface area is 138 Å². The smallest absolute Gasteiger partial charge is 0.326 e. The highest BCUT2D eigenvalue weighted by molar-refractivity contribution is 5.83. The maximum atomic E-state index is 12.0. The third kappa shape index (κ3) is 5.37. The van der Waals surface area contributed by atoms with Crippen molar-refractivity contribution < 1.29 is 14.7 Å². The summed E-state index contributed by atoms with van der Waals surface area (Å²) < 4.78 is 1.99. The summed E-state index contributed by atoms with van der Waals surface area (Å²) in [7, 11) is 0. The quantitative estimate of drug-likeness (QED) is 0.769. The zero-order valence-electron chi connectivity index (χ0n) is 15.0. The zero-order valence-corrected chi connectivity index (χ0v) is 15.0. The molecule has 0 aliphatic rings. The highest BCUT2D eigenvalue weighted by atomic mass is 16.4. The molecule has 0 aromatic carbocycles. The third-order valence-corrected chi connectivity index (χ3v) is 3.92. The van der Waals surface area contributed by atoms with Crippen LogP contribution in [-0.4, -0.2) is 32.8 Å². The lowest BCUT2D eigenvalue weighted by atomic mass is 10.0. The van der Waals surface area contributed by atoms with Gasteiger partial charge in [-0.25, -0.2) is 4.79 Å². The van der Waals surface area contributed by atoms with E-state index in [4.69, 9.17) is 5.11 Å². The summed E-state index contributed by atoms with van der Waals surface area (Å²) in [5.41, 5.74) is 3.11. The van der Waals surface area contributed by atoms with Crippen LogP contribution in [0.25, 0.3) is 0 Å². The molecular weight excluding hydrogens is 294 g/mol. The number of carbonyl (C=O) groups is 2. The van der Waals surface area contributed by atoms with Gasteiger partial charge in [-0.3, -0.25) is 9.48 Å². The number of carbonyl (C=O) groups excluding carboxylic acids is 1. The Morgan fingerprint density at radius 3 is 2.30 bits per heavy atom. The summed E-state index contributed by atoms with van der Waals surface area (Å²) in [6.45, 7) is 12.7. The first-order valence-corrected chi connectivity index (χ1v) is 8.18. The fraction of sp³-hybridized carbons (Fsp3) is 0.706. The van der Waals surface area contributed by atoms with E-state index < -0.39 is 12.0 Å². The first-order valence-electron chi connectivity index (χ1n) is 8.18. The van der Waals surface area contributed by atoms with Crippen molar-refractivity contribution in [1.29, 1.82) is 0 Å². The van der Waals surface area contributed by atoms with Gasteiger partial charge < -0.3 is 10.4 Å². The fourth-order valence-corrected chi connectivity index (χ4v) is 2.62. The number of amides is 1. The van der Waals surface area contributed by atoms with E-state index in [1.165, 1.54) is 0 Å². The lowest BCUT2D eigenvalue weighted by Gasteiger charge is -2.17. The van der Waals surface area contributed by atoms with E-state index in [9.17, 15) is 9.59 Å². The largest absolute Gasteiger partial charge is 0.480 e. The first kappa shape index (κ1) is 19.2. The van der Waals surface area contributed by atoms with Crippen molar-refractivity contribution in [3.8, 4) is 0 Å². The van der Waals surface area contributed by atoms with E-state index in [2.05, 4.69) is 24.3 Å². The van der Waals surface area contributed by atoms with E-state index in [1.807, 2.05) is 18.5 Å². The average molecular weight is 323 g/mol. The Hall–Kier alpha value is -1.85. The normalized spacial score (nSPS) is 12.7. The van der Waals surface area contributed by atoms with Crippen molar-refractivity contribution in [3.63, 3.8) is 0 Å². The summed E-state index contributed by atoms with van der Waals surface area (Å²) in [4.78, 5) is 23.2. The molecule has 23 heavy (non-hydrogen) atoms. The topological polar surface area (TPSA) is 84.2 Å². The van der Waals surface area contributed by atoms with Crippen LogP contribution in [0.2, 0.25) is 0 Å². The van der Waals surface area contributed by atoms with Crippen LogP contribution >= 0.6 is 0 Å². The second-order valence-electron chi connectivity index (χ2n) is 6.85. The van der Waals surface area contributed by atoms with E-state index in [0.29, 0.717) is 12.3 Å². The molecule has 0 saturated carbocycles. The van der Waals surface area contributed by atoms with Crippen LogP contribution in [0.4, 0.5) is 0 Å². The molecule has 0 bridgehead atoms. The molecule has 1 aromatic heterocycles. The minimum atomic E-state index is -0.995. The molecule has 1 rings (SSSR count). The van der Waals surface area contributed by atoms with Crippen LogP contribution in [0.5, 0.6) is 0 Å². The molecule has 0 fully saturated rings. The molecule has 6 nitrogen and oxygen atoms in total. The summed E-state index contributed by atoms with van der Waals surface area (Å²) in [5, 5.41) is 16.3. The average Bonchev–Trinajstić information content (AvgIpc) is 2.67. The second kappa shape index (κ2) is 8.13. The monoisotopic (exact) mass is 323 g/mol. The van der Waals surface area contributed by atoms with Crippen LogP contribution in [0.15, 0.2) is 0 Å². The highest BCUT2D eigenvalue weighted by Crippen LogP contribution is 2.16. The molecule has 1 unspecified atom stereocenters. The van der Waals surface area contributed by atoms with Gasteiger partial charge in [-0.2, -0.15) is 5.10 Å². The van der Waals surface area contributed by atoms with Gasteiger partial charge in [0.05, 0.1) is 5.69 Å². The Morgan fingerprint density at radius 2 is 1.83 bits per heavy atom. The summed E-state index contributed by atoms with van der Waals surface area (Å²) in [5.74, 6) is -0.868. The molecule has 1 amide bonds. The maximum absolute atomic E-state index is 12.0. The first-order chi connectivity index (χ1) is 10.6. The summed E-state index contributed by atoms with van der Waals surface area (Å²) >= 11 is 0. The zero-order chi connectivity index (χ0) is 17.7. The lowest BCUT2D eigenvalue weighted by Crippen LogP contribution is -2.44. The molecule has 6 heteroatoms. The van der Waals surface area contributed by atoms with Crippen molar-refractivity contribution in [1.82, 2.24) is 15.1 Å². The van der Waals surface area contributed by atoms with Gasteiger partial charge in [-0.05, 0) is 37.7 Å². The molecular formula is C17H29N3O3. The second-order valence-corrected chi connectivity index (χ2v) is 6.85. The van der Waals surface area contributed by atoms with Crippen molar-refractivity contribution in [2.45, 2.75) is 67.0 Å². The molecule has 0 aliphatic carbocycles. The number of aromatic nitrogens is 2. The highest BCUT2D eigenvalue weighted by Gasteiger charge is 2.23. The van der Waals surface area contributed by atoms with Crippen molar-refractivity contribution in [2.75, 3.05) is 0 Å². The Bertz CT molecular complexity index is 562. The molecule has 1 aromatic rings. The molecule has 130 valence electrons. The minimum Gasteiger partial charge on any atom is -0.480 e. The van der Waals surface area contributed by atoms with E-state index in [-0.39, 0.29) is 18.2 Å². The summed E-state index contributed by atoms with van der Waals surface area (Å²) in [6.07, 6.45) is 0.845. The number of hydrogen-bond donors (Lipinski definition) is 2. The van der Waals surface area contributed by atoms with Crippen molar-refractivity contribution in [2.24, 2.45) is 11.8 Å². The van der Waals surface area contributed by atoms with Crippen LogP contribution in [-0.2, 0) is 22.6 Å². The molecule has 0 saturated heterocycles. The molecule has 1 atom stereocenters. The number of aliphatic carboxylic acids is 1. The Balaban J connectivity index is 2.69. The molecule has 0 radical (unpaired) electrons. The van der Waals surface area contributed by atoms with Gasteiger partial charge in [-0.15, -0.1) is 0 Å². The lowest BCUT2D eigenvalue weighted by molar-refractivity contribution is -0.143. The standard InChI is InChI=1S/C17H29N3O3/c1-10(2)9-20-13(6)14(12(5)19-20)7-8-15(21)18-16(11(3)4)17(22)23/h10-11,16H,7-9H2,1-6H3,(H,18,21)(H,22,23). The van der Waals surface area contributed by atoms with Gasteiger partial charge >= 0.3 is 5.97 Å². The Kier molecular flexibility index (Phi) is 6.79. The van der Waals surface area contributed by atoms with Crippen molar-refractivity contribution in [3.05, 3.63) is 17.0 Å². The van der Waals surface area contributed by atoms with E-state index in [1.54, 1.807) is 13.8 Å². The number of carboxylic acids is 1. The fourth-order valence-electron chi connectivity index (χ4n) is 2.62. The number of aryl methyl sites for hydroxylation is 1. The molecule has 0 spiro atoms. The number of hydrogen-bond acceptors (Lipinski definition) is 3. The number of carboxylic acid groups (broad SMARTS) is 1. The minimum absolute atomic E-state index is 0.145. The SMILES string of the molecule is Cc1nn(CC(C)C)c(C)c1CCC(=O)NC(C(=O)O)C(C)C. The van der Waals surface area contributed by atoms with Crippen molar-refractivity contribution >= 4 is 11.9 Å². The molecule has 1 heterocycles. The number of nitrogens with one attached hydrogen (secondary N) is 1. The predicted molar refractivity (Wildman–Crippen MR) is 89.3 cm³/mol. The number of nitrogens with zero attached hydrogens (tertiary/aromatic N) is 2. The van der Waals surface area contributed by atoms with Crippen LogP contribution in [0.3, 0.4) is 0 Å². The van der Waals surface area contributed by atoms with E-state index >= 15 is 0 Å². The van der Waals surface area contributed by atoms with Gasteiger partial charge in [0.2, 0.25) is 5.91 Å².